The molecule has 0 aliphatic rings. The SMILES string of the molecule is C[C@H](Cc1ccccc1F)C(=O)Nc1ccc(OCCC(N)=O)cc1. The quantitative estimate of drug-likeness (QED) is 0.772. The average Bonchev–Trinajstić information content (AvgIpc) is 2.58. The number of nitrogens with one attached hydrogen (secondary N) is 1. The number of primary amides is 1. The first-order chi connectivity index (χ1) is 12.0. The Hall–Kier alpha value is -2.89. The molecule has 2 aromatic rings. The highest BCUT2D eigenvalue weighted by Crippen LogP contribution is 2.18. The van der Waals surface area contributed by atoms with Gasteiger partial charge in [-0.3, -0.25) is 9.59 Å². The third kappa shape index (κ3) is 5.91. The van der Waals surface area contributed by atoms with Crippen molar-refractivity contribution in [3.63, 3.8) is 0 Å². The summed E-state index contributed by atoms with van der Waals surface area (Å²) >= 11 is 0. The molecule has 1 atom stereocenters. The maximum Gasteiger partial charge on any atom is 0.227 e. The summed E-state index contributed by atoms with van der Waals surface area (Å²) in [6, 6.07) is 13.2. The Labute approximate surface area is 146 Å². The van der Waals surface area contributed by atoms with E-state index in [4.69, 9.17) is 10.5 Å². The molecule has 2 rings (SSSR count). The van der Waals surface area contributed by atoms with Gasteiger partial charge in [-0.15, -0.1) is 0 Å². The van der Waals surface area contributed by atoms with Gasteiger partial charge in [-0.2, -0.15) is 0 Å². The van der Waals surface area contributed by atoms with Gasteiger partial charge < -0.3 is 15.8 Å². The number of anilines is 1. The van der Waals surface area contributed by atoms with Crippen molar-refractivity contribution >= 4 is 17.5 Å². The van der Waals surface area contributed by atoms with E-state index in [1.54, 1.807) is 49.4 Å². The lowest BCUT2D eigenvalue weighted by Gasteiger charge is -2.13. The smallest absolute Gasteiger partial charge is 0.227 e. The van der Waals surface area contributed by atoms with Gasteiger partial charge in [0.2, 0.25) is 11.8 Å². The number of hydrogen-bond donors (Lipinski definition) is 2. The third-order valence-electron chi connectivity index (χ3n) is 3.67. The lowest BCUT2D eigenvalue weighted by molar-refractivity contribution is -0.119. The minimum Gasteiger partial charge on any atom is -0.493 e. The Morgan fingerprint density at radius 1 is 1.16 bits per heavy atom. The van der Waals surface area contributed by atoms with Gasteiger partial charge in [0.25, 0.3) is 0 Å². The molecular weight excluding hydrogens is 323 g/mol. The standard InChI is InChI=1S/C19H21FN2O3/c1-13(12-14-4-2-3-5-17(14)20)19(24)22-15-6-8-16(9-7-15)25-11-10-18(21)23/h2-9,13H,10-12H2,1H3,(H2,21,23)(H,22,24)/t13-/m1/s1. The summed E-state index contributed by atoms with van der Waals surface area (Å²) in [5.74, 6) is -0.708. The zero-order chi connectivity index (χ0) is 18.2. The van der Waals surface area contributed by atoms with Crippen LogP contribution in [0.3, 0.4) is 0 Å². The lowest BCUT2D eigenvalue weighted by Crippen LogP contribution is -2.22. The molecule has 132 valence electrons. The number of carbonyl (C=O) groups excluding carboxylic acids is 2. The van der Waals surface area contributed by atoms with Crippen LogP contribution in [0.2, 0.25) is 0 Å². The fourth-order valence-corrected chi connectivity index (χ4v) is 2.26. The number of amides is 2. The Morgan fingerprint density at radius 3 is 2.48 bits per heavy atom. The largest absolute Gasteiger partial charge is 0.493 e. The summed E-state index contributed by atoms with van der Waals surface area (Å²) < 4.78 is 19.0. The molecule has 0 saturated carbocycles. The maximum atomic E-state index is 13.7. The molecule has 2 aromatic carbocycles. The summed E-state index contributed by atoms with van der Waals surface area (Å²) in [7, 11) is 0. The molecule has 25 heavy (non-hydrogen) atoms. The Balaban J connectivity index is 1.87. The van der Waals surface area contributed by atoms with Gasteiger partial charge in [0, 0.05) is 11.6 Å². The second-order valence-corrected chi connectivity index (χ2v) is 5.77. The van der Waals surface area contributed by atoms with Gasteiger partial charge in [0.1, 0.15) is 11.6 Å². The van der Waals surface area contributed by atoms with Gasteiger partial charge >= 0.3 is 0 Å². The number of carbonyl (C=O) groups is 2. The van der Waals surface area contributed by atoms with Crippen molar-refractivity contribution in [2.24, 2.45) is 11.7 Å². The van der Waals surface area contributed by atoms with Crippen LogP contribution in [0.4, 0.5) is 10.1 Å². The van der Waals surface area contributed by atoms with Crippen molar-refractivity contribution in [1.29, 1.82) is 0 Å². The first-order valence-corrected chi connectivity index (χ1v) is 8.01. The van der Waals surface area contributed by atoms with Crippen LogP contribution >= 0.6 is 0 Å². The predicted molar refractivity (Wildman–Crippen MR) is 93.6 cm³/mol. The minimum atomic E-state index is -0.423. The van der Waals surface area contributed by atoms with Crippen LogP contribution in [0.25, 0.3) is 0 Å². The second-order valence-electron chi connectivity index (χ2n) is 5.77. The monoisotopic (exact) mass is 344 g/mol. The van der Waals surface area contributed by atoms with E-state index < -0.39 is 5.91 Å². The van der Waals surface area contributed by atoms with Gasteiger partial charge in [0.05, 0.1) is 13.0 Å². The van der Waals surface area contributed by atoms with E-state index in [0.29, 0.717) is 23.4 Å². The van der Waals surface area contributed by atoms with Gasteiger partial charge in [-0.1, -0.05) is 25.1 Å². The molecule has 0 fully saturated rings. The molecule has 0 aliphatic heterocycles. The molecule has 0 aliphatic carbocycles. The number of benzene rings is 2. The minimum absolute atomic E-state index is 0.145. The number of ether oxygens (including phenoxy) is 1. The summed E-state index contributed by atoms with van der Waals surface area (Å²) in [5.41, 5.74) is 6.17. The first kappa shape index (κ1) is 18.4. The van der Waals surface area contributed by atoms with Crippen LogP contribution in [-0.2, 0) is 16.0 Å². The van der Waals surface area contributed by atoms with Gasteiger partial charge in [-0.25, -0.2) is 4.39 Å². The molecule has 0 saturated heterocycles. The molecular formula is C19H21FN2O3. The first-order valence-electron chi connectivity index (χ1n) is 8.01. The van der Waals surface area contributed by atoms with E-state index in [1.807, 2.05) is 0 Å². The number of halogens is 1. The Bertz CT molecular complexity index is 732. The van der Waals surface area contributed by atoms with E-state index >= 15 is 0 Å². The van der Waals surface area contributed by atoms with Crippen LogP contribution in [0.15, 0.2) is 48.5 Å². The van der Waals surface area contributed by atoms with Crippen LogP contribution in [0, 0.1) is 11.7 Å². The molecule has 0 heterocycles. The van der Waals surface area contributed by atoms with Crippen LogP contribution < -0.4 is 15.8 Å². The fourth-order valence-electron chi connectivity index (χ4n) is 2.26. The van der Waals surface area contributed by atoms with Crippen molar-refractivity contribution < 1.29 is 18.7 Å². The molecule has 3 N–H and O–H groups in total. The van der Waals surface area contributed by atoms with E-state index in [9.17, 15) is 14.0 Å². The van der Waals surface area contributed by atoms with Gasteiger partial charge in [0.15, 0.2) is 0 Å². The van der Waals surface area contributed by atoms with Crippen LogP contribution in [-0.4, -0.2) is 18.4 Å². The molecule has 0 aromatic heterocycles. The van der Waals surface area contributed by atoms with Crippen molar-refractivity contribution in [3.8, 4) is 5.75 Å². The maximum absolute atomic E-state index is 13.7. The zero-order valence-corrected chi connectivity index (χ0v) is 14.0. The zero-order valence-electron chi connectivity index (χ0n) is 14.0. The molecule has 5 nitrogen and oxygen atoms in total. The summed E-state index contributed by atoms with van der Waals surface area (Å²) in [4.78, 5) is 22.9. The highest BCUT2D eigenvalue weighted by Gasteiger charge is 2.15. The second kappa shape index (κ2) is 8.82. The van der Waals surface area contributed by atoms with Crippen LogP contribution in [0.1, 0.15) is 18.9 Å². The van der Waals surface area contributed by atoms with E-state index in [0.717, 1.165) is 0 Å². The van der Waals surface area contributed by atoms with E-state index in [-0.39, 0.29) is 30.7 Å². The molecule has 0 bridgehead atoms. The number of nitrogens with two attached hydrogens (primary N) is 1. The average molecular weight is 344 g/mol. The highest BCUT2D eigenvalue weighted by molar-refractivity contribution is 5.92. The van der Waals surface area contributed by atoms with E-state index in [2.05, 4.69) is 5.32 Å². The van der Waals surface area contributed by atoms with Crippen LogP contribution in [0.5, 0.6) is 5.75 Å². The normalized spacial score (nSPS) is 11.6. The van der Waals surface area contributed by atoms with Gasteiger partial charge in [-0.05, 0) is 42.3 Å². The van der Waals surface area contributed by atoms with Crippen molar-refractivity contribution in [1.82, 2.24) is 0 Å². The lowest BCUT2D eigenvalue weighted by atomic mass is 10.00. The van der Waals surface area contributed by atoms with Crippen molar-refractivity contribution in [2.45, 2.75) is 19.8 Å². The summed E-state index contributed by atoms with van der Waals surface area (Å²) in [6.07, 6.45) is 0.471. The summed E-state index contributed by atoms with van der Waals surface area (Å²) in [6.45, 7) is 1.96. The van der Waals surface area contributed by atoms with Crippen molar-refractivity contribution in [2.75, 3.05) is 11.9 Å². The molecule has 0 unspecified atom stereocenters. The highest BCUT2D eigenvalue weighted by atomic mass is 19.1. The molecule has 6 heteroatoms. The van der Waals surface area contributed by atoms with Crippen molar-refractivity contribution in [3.05, 3.63) is 59.9 Å². The van der Waals surface area contributed by atoms with E-state index in [1.165, 1.54) is 6.07 Å². The molecule has 0 spiro atoms. The predicted octanol–water partition coefficient (Wildman–Crippen LogP) is 2.90. The molecule has 0 radical (unpaired) electrons. The number of rotatable bonds is 8. The Kier molecular flexibility index (Phi) is 6.51. The Morgan fingerprint density at radius 2 is 1.84 bits per heavy atom. The number of hydrogen-bond acceptors (Lipinski definition) is 3. The molecule has 2 amide bonds. The topological polar surface area (TPSA) is 81.4 Å². The fraction of sp³-hybridized carbons (Fsp3) is 0.263. The third-order valence-corrected chi connectivity index (χ3v) is 3.67. The summed E-state index contributed by atoms with van der Waals surface area (Å²) in [5, 5.41) is 2.79.